The van der Waals surface area contributed by atoms with Crippen LogP contribution in [0.3, 0.4) is 0 Å². The number of rotatable bonds is 7. The van der Waals surface area contributed by atoms with E-state index in [0.29, 0.717) is 20.2 Å². The molecule has 34 heavy (non-hydrogen) atoms. The molecule has 0 radical (unpaired) electrons. The zero-order valence-electron chi connectivity index (χ0n) is 17.2. The van der Waals surface area contributed by atoms with E-state index in [9.17, 15) is 31.2 Å². The Bertz CT molecular complexity index is 1400. The summed E-state index contributed by atoms with van der Waals surface area (Å²) >= 11 is 2.27. The topological polar surface area (TPSA) is 127 Å². The third kappa shape index (κ3) is 5.16. The minimum atomic E-state index is -5.24. The van der Waals surface area contributed by atoms with Crippen LogP contribution in [0, 0.1) is 5.41 Å². The number of carbonyl (C=O) groups excluding carboxylic acids is 2. The van der Waals surface area contributed by atoms with E-state index >= 15 is 0 Å². The lowest BCUT2D eigenvalue weighted by Crippen LogP contribution is -2.28. The van der Waals surface area contributed by atoms with Crippen LogP contribution in [-0.2, 0) is 14.6 Å². The molecule has 13 heteroatoms. The highest BCUT2D eigenvalue weighted by Crippen LogP contribution is 2.38. The smallest absolute Gasteiger partial charge is 0.419 e. The Balaban J connectivity index is 2.02. The van der Waals surface area contributed by atoms with Gasteiger partial charge >= 0.3 is 12.1 Å². The molecule has 0 fully saturated rings. The first-order chi connectivity index (χ1) is 15.9. The molecule has 0 aliphatic heterocycles. The van der Waals surface area contributed by atoms with Gasteiger partial charge in [0.1, 0.15) is 11.6 Å². The molecular formula is C21H15F3N2O5S3. The molecule has 3 aromatic rings. The normalized spacial score (nSPS) is 11.8. The maximum atomic E-state index is 13.3. The number of nitrogens with two attached hydrogens (primary N) is 1. The summed E-state index contributed by atoms with van der Waals surface area (Å²) in [7, 11) is -4.01. The Labute approximate surface area is 200 Å². The number of amidine groups is 1. The van der Waals surface area contributed by atoms with Gasteiger partial charge in [0.05, 0.1) is 24.4 Å². The minimum absolute atomic E-state index is 0.00431. The van der Waals surface area contributed by atoms with Crippen molar-refractivity contribution in [2.45, 2.75) is 20.2 Å². The van der Waals surface area contributed by atoms with Crippen molar-refractivity contribution in [3.8, 4) is 16.9 Å². The predicted octanol–water partition coefficient (Wildman–Crippen LogP) is 4.53. The molecule has 0 atom stereocenters. The minimum Gasteiger partial charge on any atom is -0.419 e. The molecule has 178 valence electrons. The molecule has 0 unspecified atom stereocenters. The van der Waals surface area contributed by atoms with Gasteiger partial charge in [-0.15, -0.1) is 23.1 Å². The van der Waals surface area contributed by atoms with E-state index in [-0.39, 0.29) is 27.5 Å². The molecule has 1 heterocycles. The fourth-order valence-corrected chi connectivity index (χ4v) is 6.76. The van der Waals surface area contributed by atoms with Crippen molar-refractivity contribution in [1.29, 1.82) is 5.41 Å². The second kappa shape index (κ2) is 9.60. The number of nitrogen functional groups attached to an aromatic ring is 1. The molecule has 0 saturated carbocycles. The van der Waals surface area contributed by atoms with Crippen molar-refractivity contribution >= 4 is 51.0 Å². The van der Waals surface area contributed by atoms with Crippen LogP contribution in [0.2, 0.25) is 0 Å². The van der Waals surface area contributed by atoms with Gasteiger partial charge in [-0.1, -0.05) is 18.2 Å². The second-order valence-electron chi connectivity index (χ2n) is 6.67. The van der Waals surface area contributed by atoms with E-state index in [2.05, 4.69) is 4.74 Å². The lowest BCUT2D eigenvalue weighted by atomic mass is 10.0. The number of sulfone groups is 1. The molecule has 2 aromatic carbocycles. The Morgan fingerprint density at radius 1 is 1.15 bits per heavy atom. The van der Waals surface area contributed by atoms with Crippen LogP contribution < -0.4 is 10.5 Å². The first kappa shape index (κ1) is 25.5. The Kier molecular flexibility index (Phi) is 7.19. The summed E-state index contributed by atoms with van der Waals surface area (Å²) in [5.74, 6) is -3.31. The van der Waals surface area contributed by atoms with E-state index in [1.165, 1.54) is 48.2 Å². The van der Waals surface area contributed by atoms with Gasteiger partial charge in [-0.25, -0.2) is 13.2 Å². The number of hydrogen-bond donors (Lipinski definition) is 2. The molecule has 7 nitrogen and oxygen atoms in total. The van der Waals surface area contributed by atoms with Gasteiger partial charge in [-0.3, -0.25) is 10.2 Å². The maximum absolute atomic E-state index is 13.3. The zero-order chi connectivity index (χ0) is 25.3. The molecule has 0 amide bonds. The maximum Gasteiger partial charge on any atom is 0.491 e. The summed E-state index contributed by atoms with van der Waals surface area (Å²) in [6, 6.07) is 10.6. The van der Waals surface area contributed by atoms with Gasteiger partial charge < -0.3 is 10.5 Å². The van der Waals surface area contributed by atoms with Gasteiger partial charge in [-0.05, 0) is 47.7 Å². The third-order valence-electron chi connectivity index (χ3n) is 4.45. The molecule has 3 rings (SSSR count). The quantitative estimate of drug-likeness (QED) is 0.115. The second-order valence-corrected chi connectivity index (χ2v) is 10.7. The summed E-state index contributed by atoms with van der Waals surface area (Å²) < 4.78 is 68.7. The van der Waals surface area contributed by atoms with Crippen LogP contribution >= 0.6 is 23.1 Å². The van der Waals surface area contributed by atoms with Gasteiger partial charge in [0.15, 0.2) is 6.29 Å². The highest BCUT2D eigenvalue weighted by atomic mass is 32.2. The number of ether oxygens (including phenoxy) is 1. The number of thiophene rings is 1. The monoisotopic (exact) mass is 528 g/mol. The van der Waals surface area contributed by atoms with Gasteiger partial charge in [0, 0.05) is 0 Å². The molecule has 1 aromatic heterocycles. The molecule has 0 bridgehead atoms. The number of nitrogens with one attached hydrogen (secondary N) is 1. The first-order valence-corrected chi connectivity index (χ1v) is 12.7. The van der Waals surface area contributed by atoms with Gasteiger partial charge in [-0.2, -0.15) is 13.2 Å². The SMILES string of the molecule is CSc1sc(C(=N)N)cc1S(=O)(=O)c1cccc(-c2ccc(OC(=O)C(F)(F)F)c(C=O)c2)c1. The number of aldehydes is 1. The van der Waals surface area contributed by atoms with Crippen molar-refractivity contribution in [2.24, 2.45) is 5.73 Å². The Morgan fingerprint density at radius 2 is 1.82 bits per heavy atom. The predicted molar refractivity (Wildman–Crippen MR) is 122 cm³/mol. The van der Waals surface area contributed by atoms with Crippen LogP contribution in [0.25, 0.3) is 11.1 Å². The fraction of sp³-hybridized carbons (Fsp3) is 0.0952. The Hall–Kier alpha value is -3.16. The van der Waals surface area contributed by atoms with E-state index < -0.39 is 27.7 Å². The summed E-state index contributed by atoms with van der Waals surface area (Å²) in [4.78, 5) is 22.7. The van der Waals surface area contributed by atoms with Crippen molar-refractivity contribution in [2.75, 3.05) is 6.26 Å². The molecule has 0 aliphatic carbocycles. The number of thioether (sulfide) groups is 1. The molecule has 0 aliphatic rings. The Morgan fingerprint density at radius 3 is 2.41 bits per heavy atom. The van der Waals surface area contributed by atoms with E-state index in [1.807, 2.05) is 0 Å². The van der Waals surface area contributed by atoms with Crippen molar-refractivity contribution in [3.63, 3.8) is 0 Å². The average Bonchev–Trinajstić information content (AvgIpc) is 3.24. The van der Waals surface area contributed by atoms with Gasteiger partial charge in [0.2, 0.25) is 9.84 Å². The fourth-order valence-electron chi connectivity index (χ4n) is 2.86. The van der Waals surface area contributed by atoms with Crippen molar-refractivity contribution in [3.05, 3.63) is 59.0 Å². The number of alkyl halides is 3. The average molecular weight is 529 g/mol. The molecule has 0 spiro atoms. The lowest BCUT2D eigenvalue weighted by molar-refractivity contribution is -0.189. The third-order valence-corrected chi connectivity index (χ3v) is 8.79. The van der Waals surface area contributed by atoms with Crippen LogP contribution in [0.1, 0.15) is 15.2 Å². The van der Waals surface area contributed by atoms with E-state index in [1.54, 1.807) is 12.3 Å². The number of hydrogen-bond acceptors (Lipinski definition) is 8. The number of halogens is 3. The van der Waals surface area contributed by atoms with Crippen LogP contribution in [-0.4, -0.2) is 38.9 Å². The highest BCUT2D eigenvalue weighted by molar-refractivity contribution is 8.01. The van der Waals surface area contributed by atoms with Gasteiger partial charge in [0.25, 0.3) is 0 Å². The lowest BCUT2D eigenvalue weighted by Gasteiger charge is -2.11. The molecule has 0 saturated heterocycles. The van der Waals surface area contributed by atoms with E-state index in [4.69, 9.17) is 11.1 Å². The van der Waals surface area contributed by atoms with Crippen LogP contribution in [0.15, 0.2) is 62.5 Å². The van der Waals surface area contributed by atoms with Crippen LogP contribution in [0.5, 0.6) is 5.75 Å². The molecular weight excluding hydrogens is 513 g/mol. The molecule has 3 N–H and O–H groups in total. The summed E-state index contributed by atoms with van der Waals surface area (Å²) in [5.41, 5.74) is 5.83. The number of carbonyl (C=O) groups is 2. The van der Waals surface area contributed by atoms with Crippen molar-refractivity contribution < 1.29 is 35.9 Å². The van der Waals surface area contributed by atoms with Crippen LogP contribution in [0.4, 0.5) is 13.2 Å². The standard InChI is InChI=1S/C21H15F3N2O5S3/c1-32-19-17(9-16(33-19)18(25)26)34(29,30)14-4-2-3-11(8-14)12-5-6-15(13(7-12)10-27)31-20(28)21(22,23)24/h2-10H,1H3,(H3,25,26). The summed E-state index contributed by atoms with van der Waals surface area (Å²) in [5, 5.41) is 7.57. The van der Waals surface area contributed by atoms with E-state index in [0.717, 1.165) is 17.4 Å². The largest absolute Gasteiger partial charge is 0.491 e. The number of benzene rings is 2. The van der Waals surface area contributed by atoms with Crippen molar-refractivity contribution in [1.82, 2.24) is 0 Å². The highest BCUT2D eigenvalue weighted by Gasteiger charge is 2.41. The number of esters is 1. The first-order valence-electron chi connectivity index (χ1n) is 9.14. The summed E-state index contributed by atoms with van der Waals surface area (Å²) in [6.07, 6.45) is -3.32. The summed E-state index contributed by atoms with van der Waals surface area (Å²) in [6.45, 7) is 0. The zero-order valence-corrected chi connectivity index (χ0v) is 19.6.